The van der Waals surface area contributed by atoms with Crippen LogP contribution in [0.5, 0.6) is 0 Å². The third-order valence-electron chi connectivity index (χ3n) is 5.34. The number of hydrogen-bond acceptors (Lipinski definition) is 4. The lowest BCUT2D eigenvalue weighted by molar-refractivity contribution is -0.140. The first-order chi connectivity index (χ1) is 15.5. The van der Waals surface area contributed by atoms with E-state index in [1.807, 2.05) is 0 Å². The van der Waals surface area contributed by atoms with Crippen LogP contribution in [0.2, 0.25) is 5.02 Å². The van der Waals surface area contributed by atoms with Gasteiger partial charge in [0.25, 0.3) is 0 Å². The Labute approximate surface area is 199 Å². The van der Waals surface area contributed by atoms with Gasteiger partial charge in [0.15, 0.2) is 0 Å². The van der Waals surface area contributed by atoms with E-state index in [0.29, 0.717) is 21.8 Å². The number of rotatable bonds is 10. The van der Waals surface area contributed by atoms with E-state index in [-0.39, 0.29) is 37.7 Å². The second-order valence-corrected chi connectivity index (χ2v) is 10.1. The number of likely N-dealkylation sites (N-methyl/N-ethyl adjacent to an activating group) is 1. The fourth-order valence-corrected chi connectivity index (χ4v) is 4.61. The first kappa shape index (κ1) is 26.6. The summed E-state index contributed by atoms with van der Waals surface area (Å²) in [4.78, 5) is 26.7. The van der Waals surface area contributed by atoms with Gasteiger partial charge < -0.3 is 10.2 Å². The van der Waals surface area contributed by atoms with Crippen molar-refractivity contribution in [2.75, 3.05) is 24.2 Å². The highest BCUT2D eigenvalue weighted by molar-refractivity contribution is 7.92. The average Bonchev–Trinajstić information content (AvgIpc) is 2.76. The van der Waals surface area contributed by atoms with Crippen molar-refractivity contribution in [3.8, 4) is 0 Å². The summed E-state index contributed by atoms with van der Waals surface area (Å²) in [5.41, 5.74) is 1.76. The van der Waals surface area contributed by atoms with Crippen LogP contribution in [0.25, 0.3) is 0 Å². The highest BCUT2D eigenvalue weighted by Gasteiger charge is 2.26. The Morgan fingerprint density at radius 2 is 1.79 bits per heavy atom. The Kier molecular flexibility index (Phi) is 9.25. The third kappa shape index (κ3) is 7.17. The van der Waals surface area contributed by atoms with E-state index in [1.54, 1.807) is 44.2 Å². The zero-order valence-electron chi connectivity index (χ0n) is 19.1. The molecule has 0 aliphatic rings. The van der Waals surface area contributed by atoms with Crippen molar-refractivity contribution in [3.63, 3.8) is 0 Å². The van der Waals surface area contributed by atoms with E-state index >= 15 is 0 Å². The Balaban J connectivity index is 2.17. The molecule has 2 aromatic rings. The summed E-state index contributed by atoms with van der Waals surface area (Å²) in [5, 5.41) is 2.98. The molecule has 0 radical (unpaired) electrons. The van der Waals surface area contributed by atoms with Crippen molar-refractivity contribution in [3.05, 3.63) is 64.4 Å². The Morgan fingerprint density at radius 1 is 1.15 bits per heavy atom. The van der Waals surface area contributed by atoms with Crippen molar-refractivity contribution in [1.29, 1.82) is 0 Å². The van der Waals surface area contributed by atoms with Crippen LogP contribution in [0.15, 0.2) is 42.5 Å². The van der Waals surface area contributed by atoms with Crippen molar-refractivity contribution in [1.82, 2.24) is 10.2 Å². The first-order valence-corrected chi connectivity index (χ1v) is 12.7. The molecule has 33 heavy (non-hydrogen) atoms. The lowest BCUT2D eigenvalue weighted by Gasteiger charge is -2.29. The van der Waals surface area contributed by atoms with Gasteiger partial charge >= 0.3 is 0 Å². The molecule has 7 nitrogen and oxygen atoms in total. The quantitative estimate of drug-likeness (QED) is 0.544. The third-order valence-corrected chi connectivity index (χ3v) is 6.93. The van der Waals surface area contributed by atoms with E-state index in [9.17, 15) is 22.4 Å². The minimum absolute atomic E-state index is 0.0220. The molecule has 0 aliphatic carbocycles. The molecule has 0 aliphatic heterocycles. The molecule has 1 N–H and O–H groups in total. The number of anilines is 1. The number of carbonyl (C=O) groups is 2. The molecule has 0 unspecified atom stereocenters. The smallest absolute Gasteiger partial charge is 0.242 e. The maximum absolute atomic E-state index is 13.2. The van der Waals surface area contributed by atoms with Crippen LogP contribution in [0.1, 0.15) is 30.9 Å². The Hall–Kier alpha value is -2.65. The van der Waals surface area contributed by atoms with Crippen molar-refractivity contribution in [2.45, 2.75) is 39.3 Å². The molecule has 10 heteroatoms. The fraction of sp³-hybridized carbons (Fsp3) is 0.391. The minimum Gasteiger partial charge on any atom is -0.357 e. The Bertz CT molecular complexity index is 1090. The van der Waals surface area contributed by atoms with Crippen LogP contribution in [0.3, 0.4) is 0 Å². The molecule has 0 bridgehead atoms. The van der Waals surface area contributed by atoms with Crippen LogP contribution in [0.4, 0.5) is 10.1 Å². The standard InChI is InChI=1S/C23H29ClFN3O4S/c1-16-20(24)7-5-8-21(16)28(33(4,31)32)14-6-9-22(29)27(17(2)23(30)26-3)15-18-10-12-19(25)13-11-18/h5,7-8,10-13,17H,6,9,14-15H2,1-4H3,(H,26,30)/t17-/m0/s1. The van der Waals surface area contributed by atoms with Crippen LogP contribution in [-0.4, -0.2) is 51.0 Å². The highest BCUT2D eigenvalue weighted by Crippen LogP contribution is 2.28. The summed E-state index contributed by atoms with van der Waals surface area (Å²) in [6, 6.07) is 9.95. The van der Waals surface area contributed by atoms with Gasteiger partial charge in [-0.25, -0.2) is 12.8 Å². The van der Waals surface area contributed by atoms with Gasteiger partial charge in [-0.2, -0.15) is 0 Å². The van der Waals surface area contributed by atoms with E-state index < -0.39 is 21.9 Å². The SMILES string of the molecule is CNC(=O)[C@H](C)N(Cc1ccc(F)cc1)C(=O)CCCN(c1cccc(Cl)c1C)S(C)(=O)=O. The lowest BCUT2D eigenvalue weighted by Crippen LogP contribution is -2.46. The van der Waals surface area contributed by atoms with Gasteiger partial charge in [-0.15, -0.1) is 0 Å². The maximum atomic E-state index is 13.2. The average molecular weight is 498 g/mol. The molecule has 2 amide bonds. The molecule has 2 aromatic carbocycles. The van der Waals surface area contributed by atoms with Gasteiger partial charge in [-0.3, -0.25) is 13.9 Å². The van der Waals surface area contributed by atoms with Gasteiger partial charge in [0.05, 0.1) is 11.9 Å². The molecule has 180 valence electrons. The predicted octanol–water partition coefficient (Wildman–Crippen LogP) is 3.50. The molecule has 0 heterocycles. The molecule has 1 atom stereocenters. The summed E-state index contributed by atoms with van der Waals surface area (Å²) >= 11 is 6.16. The van der Waals surface area contributed by atoms with Crippen LogP contribution in [-0.2, 0) is 26.2 Å². The maximum Gasteiger partial charge on any atom is 0.242 e. The summed E-state index contributed by atoms with van der Waals surface area (Å²) < 4.78 is 39.3. The number of benzene rings is 2. The number of amides is 2. The number of hydrogen-bond donors (Lipinski definition) is 1. The molecular weight excluding hydrogens is 469 g/mol. The summed E-state index contributed by atoms with van der Waals surface area (Å²) in [5.74, 6) is -1.04. The minimum atomic E-state index is -3.61. The van der Waals surface area contributed by atoms with E-state index in [0.717, 1.165) is 6.26 Å². The molecule has 2 rings (SSSR count). The predicted molar refractivity (Wildman–Crippen MR) is 128 cm³/mol. The van der Waals surface area contributed by atoms with Crippen molar-refractivity contribution >= 4 is 39.1 Å². The second kappa shape index (κ2) is 11.5. The molecule has 0 saturated carbocycles. The van der Waals surface area contributed by atoms with E-state index in [2.05, 4.69) is 5.32 Å². The van der Waals surface area contributed by atoms with Gasteiger partial charge in [-0.05, 0) is 55.7 Å². The van der Waals surface area contributed by atoms with E-state index in [4.69, 9.17) is 11.6 Å². The van der Waals surface area contributed by atoms with Gasteiger partial charge in [-0.1, -0.05) is 29.8 Å². The highest BCUT2D eigenvalue weighted by atomic mass is 35.5. The summed E-state index contributed by atoms with van der Waals surface area (Å²) in [6.07, 6.45) is 1.36. The number of sulfonamides is 1. The van der Waals surface area contributed by atoms with Crippen molar-refractivity contribution < 1.29 is 22.4 Å². The summed E-state index contributed by atoms with van der Waals surface area (Å²) in [6.45, 7) is 3.54. The topological polar surface area (TPSA) is 86.8 Å². The molecular formula is C23H29ClFN3O4S. The molecule has 0 aromatic heterocycles. The fourth-order valence-electron chi connectivity index (χ4n) is 3.43. The van der Waals surface area contributed by atoms with Crippen molar-refractivity contribution in [2.24, 2.45) is 0 Å². The normalized spacial score (nSPS) is 12.2. The molecule has 0 fully saturated rings. The lowest BCUT2D eigenvalue weighted by atomic mass is 10.1. The van der Waals surface area contributed by atoms with Gasteiger partial charge in [0.2, 0.25) is 21.8 Å². The summed E-state index contributed by atoms with van der Waals surface area (Å²) in [7, 11) is -2.13. The second-order valence-electron chi connectivity index (χ2n) is 7.76. The number of halogens is 2. The van der Waals surface area contributed by atoms with Crippen LogP contribution in [0, 0.1) is 12.7 Å². The van der Waals surface area contributed by atoms with E-state index in [1.165, 1.54) is 28.4 Å². The Morgan fingerprint density at radius 3 is 2.36 bits per heavy atom. The molecule has 0 spiro atoms. The zero-order valence-corrected chi connectivity index (χ0v) is 20.7. The first-order valence-electron chi connectivity index (χ1n) is 10.4. The largest absolute Gasteiger partial charge is 0.357 e. The zero-order chi connectivity index (χ0) is 24.8. The number of carbonyl (C=O) groups excluding carboxylic acids is 2. The molecule has 0 saturated heterocycles. The van der Waals surface area contributed by atoms with Crippen LogP contribution < -0.4 is 9.62 Å². The number of nitrogens with zero attached hydrogens (tertiary/aromatic N) is 2. The number of nitrogens with one attached hydrogen (secondary N) is 1. The van der Waals surface area contributed by atoms with Crippen LogP contribution >= 0.6 is 11.6 Å². The van der Waals surface area contributed by atoms with Gasteiger partial charge in [0.1, 0.15) is 11.9 Å². The van der Waals surface area contributed by atoms with Gasteiger partial charge in [0, 0.05) is 31.6 Å². The monoisotopic (exact) mass is 497 g/mol.